The van der Waals surface area contributed by atoms with Crippen LogP contribution in [0.1, 0.15) is 169 Å². The van der Waals surface area contributed by atoms with E-state index in [4.69, 9.17) is 22.4 Å². The molecule has 13 nitrogen and oxygen atoms in total. The SMILES string of the molecule is C.C.C.C.COC(=O)c1cc(CC2CCCCC2)ncn1.COC(=O)c1cc(Cl)ncn1.NC1CCCCC1.O=C(O)c1cc(CC2CCCCC2)ncn1. The third-order valence-electron chi connectivity index (χ3n) is 9.18. The van der Waals surface area contributed by atoms with Crippen molar-refractivity contribution >= 4 is 29.5 Å². The Labute approximate surface area is 335 Å². The van der Waals surface area contributed by atoms with Gasteiger partial charge in [0.15, 0.2) is 17.1 Å². The number of hydrogen-bond donors (Lipinski definition) is 2. The number of hydrogen-bond acceptors (Lipinski definition) is 12. The number of carboxylic acid groups (broad SMARTS) is 1. The van der Waals surface area contributed by atoms with Crippen LogP contribution in [0.5, 0.6) is 0 Å². The predicted octanol–water partition coefficient (Wildman–Crippen LogP) is 9.42. The first-order valence-electron chi connectivity index (χ1n) is 17.9. The second-order valence-corrected chi connectivity index (χ2v) is 13.5. The molecule has 3 saturated carbocycles. The number of carbonyl (C=O) groups is 3. The fourth-order valence-corrected chi connectivity index (χ4v) is 6.56. The Balaban J connectivity index is 0. The van der Waals surface area contributed by atoms with E-state index in [2.05, 4.69) is 39.4 Å². The van der Waals surface area contributed by atoms with Crippen LogP contribution in [0.15, 0.2) is 37.2 Å². The molecule has 0 atom stereocenters. The Morgan fingerprint density at radius 1 is 0.600 bits per heavy atom. The van der Waals surface area contributed by atoms with Gasteiger partial charge in [0, 0.05) is 23.5 Å². The average Bonchev–Trinajstić information content (AvgIpc) is 3.16. The Bertz CT molecular complexity index is 1500. The third kappa shape index (κ3) is 21.0. The number of halogens is 1. The van der Waals surface area contributed by atoms with E-state index >= 15 is 0 Å². The lowest BCUT2D eigenvalue weighted by molar-refractivity contribution is 0.0585. The maximum atomic E-state index is 11.3. The van der Waals surface area contributed by atoms with Gasteiger partial charge in [-0.15, -0.1) is 0 Å². The molecule has 3 aromatic heterocycles. The molecule has 0 aromatic carbocycles. The minimum atomic E-state index is -0.979. The van der Waals surface area contributed by atoms with Crippen molar-refractivity contribution in [1.29, 1.82) is 0 Å². The van der Waals surface area contributed by atoms with Crippen LogP contribution in [0.2, 0.25) is 5.15 Å². The fourth-order valence-electron chi connectivity index (χ4n) is 6.41. The summed E-state index contributed by atoms with van der Waals surface area (Å²) in [6.07, 6.45) is 25.5. The van der Waals surface area contributed by atoms with Crippen molar-refractivity contribution in [1.82, 2.24) is 29.9 Å². The van der Waals surface area contributed by atoms with E-state index in [1.807, 2.05) is 0 Å². The molecule has 0 saturated heterocycles. The third-order valence-corrected chi connectivity index (χ3v) is 9.39. The molecule has 0 amide bonds. The number of aromatic carboxylic acids is 1. The summed E-state index contributed by atoms with van der Waals surface area (Å²) in [4.78, 5) is 56.1. The zero-order valence-electron chi connectivity index (χ0n) is 29.8. The summed E-state index contributed by atoms with van der Waals surface area (Å²) in [6.45, 7) is 0. The number of rotatable bonds is 7. The Morgan fingerprint density at radius 2 is 0.964 bits per heavy atom. The summed E-state index contributed by atoms with van der Waals surface area (Å²) in [5, 5.41) is 9.05. The molecule has 0 radical (unpaired) electrons. The molecule has 55 heavy (non-hydrogen) atoms. The quantitative estimate of drug-likeness (QED) is 0.170. The molecule has 3 fully saturated rings. The summed E-state index contributed by atoms with van der Waals surface area (Å²) in [5.41, 5.74) is 8.06. The van der Waals surface area contributed by atoms with Crippen LogP contribution in [0, 0.1) is 11.8 Å². The number of carbonyl (C=O) groups excluding carboxylic acids is 2. The minimum Gasteiger partial charge on any atom is -0.477 e. The first-order chi connectivity index (χ1) is 24.7. The van der Waals surface area contributed by atoms with E-state index in [1.165, 1.54) is 136 Å². The van der Waals surface area contributed by atoms with E-state index in [1.54, 1.807) is 12.1 Å². The molecule has 0 spiro atoms. The molecular formula is C41H68ClN7O6. The molecule has 0 unspecified atom stereocenters. The Hall–Kier alpha value is -4.10. The van der Waals surface area contributed by atoms with E-state index < -0.39 is 17.9 Å². The first kappa shape index (κ1) is 53.0. The number of methoxy groups -OCH3 is 2. The molecule has 310 valence electrons. The molecule has 0 bridgehead atoms. The summed E-state index contributed by atoms with van der Waals surface area (Å²) in [7, 11) is 2.64. The zero-order valence-corrected chi connectivity index (χ0v) is 30.6. The highest BCUT2D eigenvalue weighted by atomic mass is 35.5. The van der Waals surface area contributed by atoms with Gasteiger partial charge < -0.3 is 20.3 Å². The van der Waals surface area contributed by atoms with Crippen molar-refractivity contribution in [2.45, 2.75) is 145 Å². The smallest absolute Gasteiger partial charge is 0.356 e. The minimum absolute atomic E-state index is 0. The number of carboxylic acids is 1. The maximum Gasteiger partial charge on any atom is 0.356 e. The van der Waals surface area contributed by atoms with Gasteiger partial charge in [0.25, 0.3) is 0 Å². The van der Waals surface area contributed by atoms with Gasteiger partial charge in [0.1, 0.15) is 24.1 Å². The van der Waals surface area contributed by atoms with Gasteiger partial charge in [-0.2, -0.15) is 0 Å². The van der Waals surface area contributed by atoms with Crippen LogP contribution in [0.3, 0.4) is 0 Å². The van der Waals surface area contributed by atoms with Crippen molar-refractivity contribution in [3.05, 3.63) is 70.8 Å². The predicted molar refractivity (Wildman–Crippen MR) is 219 cm³/mol. The summed E-state index contributed by atoms with van der Waals surface area (Å²) >= 11 is 5.49. The molecule has 6 rings (SSSR count). The van der Waals surface area contributed by atoms with Crippen LogP contribution >= 0.6 is 11.6 Å². The van der Waals surface area contributed by atoms with Gasteiger partial charge in [-0.1, -0.05) is 125 Å². The van der Waals surface area contributed by atoms with Gasteiger partial charge in [-0.3, -0.25) is 0 Å². The van der Waals surface area contributed by atoms with Gasteiger partial charge in [0.05, 0.1) is 14.2 Å². The second-order valence-electron chi connectivity index (χ2n) is 13.1. The fraction of sp³-hybridized carbons (Fsp3) is 0.634. The lowest BCUT2D eigenvalue weighted by atomic mass is 9.86. The van der Waals surface area contributed by atoms with Gasteiger partial charge >= 0.3 is 17.9 Å². The van der Waals surface area contributed by atoms with Crippen LogP contribution in [0.4, 0.5) is 0 Å². The molecule has 3 heterocycles. The zero-order chi connectivity index (χ0) is 36.8. The number of nitrogens with zero attached hydrogens (tertiary/aromatic N) is 6. The highest BCUT2D eigenvalue weighted by Gasteiger charge is 2.17. The molecule has 14 heteroatoms. The highest BCUT2D eigenvalue weighted by molar-refractivity contribution is 6.29. The van der Waals surface area contributed by atoms with Crippen molar-refractivity contribution in [2.75, 3.05) is 14.2 Å². The van der Waals surface area contributed by atoms with Crippen LogP contribution < -0.4 is 5.73 Å². The van der Waals surface area contributed by atoms with Crippen LogP contribution in [0.25, 0.3) is 0 Å². The van der Waals surface area contributed by atoms with Crippen LogP contribution in [-0.4, -0.2) is 73.2 Å². The van der Waals surface area contributed by atoms with Gasteiger partial charge in [-0.25, -0.2) is 44.3 Å². The average molecular weight is 790 g/mol. The van der Waals surface area contributed by atoms with Crippen molar-refractivity contribution in [3.63, 3.8) is 0 Å². The van der Waals surface area contributed by atoms with E-state index in [0.717, 1.165) is 24.2 Å². The standard InChI is InChI=1S/C13H18N2O2.C12H16N2O2.C6H5ClN2O2.C6H13N.4CH4/c1-17-13(16)12-8-11(14-9-15-12)7-10-5-3-2-4-6-10;15-12(16)11-7-10(13-8-14-11)6-9-4-2-1-3-5-9;1-11-6(10)4-2-5(7)9-3-8-4;7-6-4-2-1-3-5-6;;;;/h8-10H,2-7H2,1H3;7-9H,1-6H2,(H,15,16);2-3H,1H3;6H,1-5,7H2;4*1H4. The molecule has 3 N–H and O–H groups in total. The highest BCUT2D eigenvalue weighted by Crippen LogP contribution is 2.27. The van der Waals surface area contributed by atoms with E-state index in [0.29, 0.717) is 23.6 Å². The number of ether oxygens (including phenoxy) is 2. The van der Waals surface area contributed by atoms with E-state index in [9.17, 15) is 14.4 Å². The van der Waals surface area contributed by atoms with Gasteiger partial charge in [-0.05, 0) is 49.7 Å². The monoisotopic (exact) mass is 789 g/mol. The van der Waals surface area contributed by atoms with E-state index in [-0.39, 0.29) is 46.2 Å². The Morgan fingerprint density at radius 3 is 1.33 bits per heavy atom. The Kier molecular flexibility index (Phi) is 29.1. The van der Waals surface area contributed by atoms with Crippen LogP contribution in [-0.2, 0) is 22.3 Å². The number of nitrogens with two attached hydrogens (primary N) is 1. The molecule has 3 aromatic rings. The molecule has 3 aliphatic rings. The first-order valence-corrected chi connectivity index (χ1v) is 18.3. The van der Waals surface area contributed by atoms with Crippen molar-refractivity contribution in [3.8, 4) is 0 Å². The topological polar surface area (TPSA) is 193 Å². The molecule has 3 aliphatic carbocycles. The lowest BCUT2D eigenvalue weighted by Gasteiger charge is -2.20. The number of esters is 2. The van der Waals surface area contributed by atoms with Crippen molar-refractivity contribution in [2.24, 2.45) is 17.6 Å². The normalized spacial score (nSPS) is 15.3. The van der Waals surface area contributed by atoms with Crippen molar-refractivity contribution < 1.29 is 29.0 Å². The van der Waals surface area contributed by atoms with Gasteiger partial charge in [0.2, 0.25) is 0 Å². The largest absolute Gasteiger partial charge is 0.477 e. The number of aromatic nitrogens is 6. The molecule has 0 aliphatic heterocycles. The summed E-state index contributed by atoms with van der Waals surface area (Å²) in [6, 6.07) is 5.22. The summed E-state index contributed by atoms with van der Waals surface area (Å²) < 4.78 is 9.06. The summed E-state index contributed by atoms with van der Waals surface area (Å²) in [5.74, 6) is -0.506. The lowest BCUT2D eigenvalue weighted by Crippen LogP contribution is -2.22. The second kappa shape index (κ2) is 30.2. The molecular weight excluding hydrogens is 722 g/mol. The maximum absolute atomic E-state index is 11.3.